The van der Waals surface area contributed by atoms with E-state index in [0.29, 0.717) is 12.3 Å². The smallest absolute Gasteiger partial charge is 0.241 e. The molecule has 2 rings (SSSR count). The molecule has 0 fully saturated rings. The number of halogens is 2. The molecule has 6 nitrogen and oxygen atoms in total. The highest BCUT2D eigenvalue weighted by Crippen LogP contribution is 2.27. The zero-order valence-electron chi connectivity index (χ0n) is 17.4. The lowest BCUT2D eigenvalue weighted by molar-refractivity contribution is -0.120. The summed E-state index contributed by atoms with van der Waals surface area (Å²) in [5.41, 5.74) is 1.14. The van der Waals surface area contributed by atoms with Gasteiger partial charge in [-0.05, 0) is 48.2 Å². The largest absolute Gasteiger partial charge is 0.497 e. The Bertz CT molecular complexity index is 959. The summed E-state index contributed by atoms with van der Waals surface area (Å²) >= 11 is 12.0. The molecule has 0 spiro atoms. The molecule has 0 bridgehead atoms. The highest BCUT2D eigenvalue weighted by Gasteiger charge is 2.24. The van der Waals surface area contributed by atoms with E-state index in [9.17, 15) is 13.2 Å². The molecule has 164 valence electrons. The molecular weight excluding hydrogens is 447 g/mol. The lowest BCUT2D eigenvalue weighted by atomic mass is 9.97. The van der Waals surface area contributed by atoms with E-state index in [4.69, 9.17) is 27.9 Å². The predicted octanol–water partition coefficient (Wildman–Crippen LogP) is 4.67. The van der Waals surface area contributed by atoms with Gasteiger partial charge in [-0.2, -0.15) is 0 Å². The first-order valence-electron chi connectivity index (χ1n) is 9.36. The Morgan fingerprint density at radius 3 is 2.13 bits per heavy atom. The molecule has 0 unspecified atom stereocenters. The van der Waals surface area contributed by atoms with Gasteiger partial charge in [-0.15, -0.1) is 0 Å². The van der Waals surface area contributed by atoms with Gasteiger partial charge in [-0.3, -0.25) is 9.10 Å². The van der Waals surface area contributed by atoms with Crippen LogP contribution in [0.5, 0.6) is 5.75 Å². The summed E-state index contributed by atoms with van der Waals surface area (Å²) in [5.74, 6) is 0.600. The summed E-state index contributed by atoms with van der Waals surface area (Å²) in [6, 6.07) is 11.6. The summed E-state index contributed by atoms with van der Waals surface area (Å²) in [5, 5.41) is 3.51. The third-order valence-electron chi connectivity index (χ3n) is 4.38. The number of anilines is 1. The van der Waals surface area contributed by atoms with Crippen LogP contribution in [0.4, 0.5) is 5.69 Å². The molecule has 1 N–H and O–H groups in total. The van der Waals surface area contributed by atoms with Crippen molar-refractivity contribution in [3.8, 4) is 5.75 Å². The second-order valence-electron chi connectivity index (χ2n) is 7.42. The van der Waals surface area contributed by atoms with Crippen LogP contribution in [0.25, 0.3) is 0 Å². The monoisotopic (exact) mass is 472 g/mol. The second kappa shape index (κ2) is 10.4. The predicted molar refractivity (Wildman–Crippen MR) is 122 cm³/mol. The molecule has 0 heterocycles. The Hall–Kier alpha value is -1.96. The molecule has 2 aromatic rings. The van der Waals surface area contributed by atoms with Crippen molar-refractivity contribution in [1.29, 1.82) is 0 Å². The summed E-state index contributed by atoms with van der Waals surface area (Å²) in [4.78, 5) is 12.8. The van der Waals surface area contributed by atoms with E-state index in [2.05, 4.69) is 19.2 Å². The van der Waals surface area contributed by atoms with Crippen molar-refractivity contribution in [3.63, 3.8) is 0 Å². The number of hydrogen-bond donors (Lipinski definition) is 1. The van der Waals surface area contributed by atoms with Crippen molar-refractivity contribution in [2.24, 2.45) is 5.92 Å². The Labute approximate surface area is 188 Å². The number of carbonyl (C=O) groups is 1. The molecule has 1 atom stereocenters. The van der Waals surface area contributed by atoms with Gasteiger partial charge in [-0.25, -0.2) is 8.42 Å². The second-order valence-corrected chi connectivity index (χ2v) is 10.2. The van der Waals surface area contributed by atoms with Gasteiger partial charge in [0.25, 0.3) is 0 Å². The van der Waals surface area contributed by atoms with Crippen LogP contribution in [0.2, 0.25) is 10.0 Å². The van der Waals surface area contributed by atoms with Gasteiger partial charge in [0.05, 0.1) is 25.1 Å². The Balaban J connectivity index is 2.25. The van der Waals surface area contributed by atoms with Crippen LogP contribution in [0.15, 0.2) is 42.5 Å². The Morgan fingerprint density at radius 2 is 1.67 bits per heavy atom. The van der Waals surface area contributed by atoms with Crippen LogP contribution in [-0.2, 0) is 14.8 Å². The zero-order valence-corrected chi connectivity index (χ0v) is 19.7. The lowest BCUT2D eigenvalue weighted by Gasteiger charge is -2.25. The number of sulfonamides is 1. The van der Waals surface area contributed by atoms with Crippen LogP contribution < -0.4 is 14.4 Å². The van der Waals surface area contributed by atoms with E-state index in [-0.39, 0.29) is 28.3 Å². The molecule has 0 aliphatic rings. The van der Waals surface area contributed by atoms with Crippen molar-refractivity contribution in [2.75, 3.05) is 24.2 Å². The van der Waals surface area contributed by atoms with E-state index in [1.54, 1.807) is 7.11 Å². The molecule has 1 amide bonds. The van der Waals surface area contributed by atoms with Crippen molar-refractivity contribution in [1.82, 2.24) is 5.32 Å². The van der Waals surface area contributed by atoms with Crippen LogP contribution in [0.1, 0.15) is 31.9 Å². The molecule has 9 heteroatoms. The van der Waals surface area contributed by atoms with Gasteiger partial charge >= 0.3 is 0 Å². The molecule has 0 aliphatic heterocycles. The number of benzene rings is 2. The number of methoxy groups -OCH3 is 1. The highest BCUT2D eigenvalue weighted by atomic mass is 35.5. The molecule has 0 radical (unpaired) electrons. The maximum atomic E-state index is 12.8. The standard InChI is InChI=1S/C21H26Cl2N2O4S/c1-14(2)9-20(15-5-7-19(29-3)8-6-15)24-21(26)13-25(30(4,27)28)18-11-16(22)10-17(23)12-18/h5-8,10-12,14,20H,9,13H2,1-4H3,(H,24,26)/t20-/m1/s1. The van der Waals surface area contributed by atoms with Gasteiger partial charge in [0.2, 0.25) is 15.9 Å². The van der Waals surface area contributed by atoms with Crippen molar-refractivity contribution in [2.45, 2.75) is 26.3 Å². The van der Waals surface area contributed by atoms with Gasteiger partial charge in [0.15, 0.2) is 0 Å². The normalized spacial score (nSPS) is 12.5. The maximum Gasteiger partial charge on any atom is 0.241 e. The van der Waals surface area contributed by atoms with Gasteiger partial charge in [0, 0.05) is 10.0 Å². The Morgan fingerprint density at radius 1 is 1.10 bits per heavy atom. The topological polar surface area (TPSA) is 75.7 Å². The van der Waals surface area contributed by atoms with E-state index in [0.717, 1.165) is 21.9 Å². The van der Waals surface area contributed by atoms with Crippen LogP contribution in [-0.4, -0.2) is 34.2 Å². The number of hydrogen-bond acceptors (Lipinski definition) is 4. The van der Waals surface area contributed by atoms with Gasteiger partial charge in [0.1, 0.15) is 12.3 Å². The quantitative estimate of drug-likeness (QED) is 0.574. The molecule has 0 aliphatic carbocycles. The van der Waals surface area contributed by atoms with Crippen molar-refractivity contribution < 1.29 is 17.9 Å². The minimum absolute atomic E-state index is 0.231. The number of rotatable bonds is 9. The van der Waals surface area contributed by atoms with E-state index in [1.807, 2.05) is 24.3 Å². The van der Waals surface area contributed by atoms with Crippen molar-refractivity contribution >= 4 is 44.8 Å². The molecule has 0 aromatic heterocycles. The van der Waals surface area contributed by atoms with Crippen LogP contribution in [0, 0.1) is 5.92 Å². The zero-order chi connectivity index (χ0) is 22.5. The van der Waals surface area contributed by atoms with Gasteiger partial charge < -0.3 is 10.1 Å². The van der Waals surface area contributed by atoms with Gasteiger partial charge in [-0.1, -0.05) is 49.2 Å². The Kier molecular flexibility index (Phi) is 8.41. The molecular formula is C21H26Cl2N2O4S. The molecule has 0 saturated carbocycles. The fourth-order valence-electron chi connectivity index (χ4n) is 3.04. The number of carbonyl (C=O) groups excluding carboxylic acids is 1. The molecule has 0 saturated heterocycles. The SMILES string of the molecule is COc1ccc([C@@H](CC(C)C)NC(=O)CN(c2cc(Cl)cc(Cl)c2)S(C)(=O)=O)cc1. The van der Waals surface area contributed by atoms with Crippen molar-refractivity contribution in [3.05, 3.63) is 58.1 Å². The van der Waals surface area contributed by atoms with E-state index >= 15 is 0 Å². The highest BCUT2D eigenvalue weighted by molar-refractivity contribution is 7.92. The van der Waals surface area contributed by atoms with E-state index < -0.39 is 15.9 Å². The first-order valence-corrected chi connectivity index (χ1v) is 12.0. The minimum Gasteiger partial charge on any atom is -0.497 e. The number of nitrogens with one attached hydrogen (secondary N) is 1. The summed E-state index contributed by atoms with van der Waals surface area (Å²) in [6.45, 7) is 3.72. The van der Waals surface area contributed by atoms with Crippen LogP contribution >= 0.6 is 23.2 Å². The third-order valence-corrected chi connectivity index (χ3v) is 5.96. The first kappa shape index (κ1) is 24.3. The summed E-state index contributed by atoms with van der Waals surface area (Å²) < 4.78 is 30.9. The molecule has 30 heavy (non-hydrogen) atoms. The van der Waals surface area contributed by atoms with E-state index in [1.165, 1.54) is 18.2 Å². The number of nitrogens with zero attached hydrogens (tertiary/aromatic N) is 1. The fraction of sp³-hybridized carbons (Fsp3) is 0.381. The number of amides is 1. The average Bonchev–Trinajstić information content (AvgIpc) is 2.63. The minimum atomic E-state index is -3.74. The summed E-state index contributed by atoms with van der Waals surface area (Å²) in [7, 11) is -2.15. The first-order chi connectivity index (χ1) is 14.0. The summed E-state index contributed by atoms with van der Waals surface area (Å²) in [6.07, 6.45) is 1.73. The number of ether oxygens (including phenoxy) is 1. The maximum absolute atomic E-state index is 12.8. The van der Waals surface area contributed by atoms with Crippen LogP contribution in [0.3, 0.4) is 0 Å². The average molecular weight is 473 g/mol. The lowest BCUT2D eigenvalue weighted by Crippen LogP contribution is -2.41. The third kappa shape index (κ3) is 7.07. The fourth-order valence-corrected chi connectivity index (χ4v) is 4.39. The molecule has 2 aromatic carbocycles.